The zero-order chi connectivity index (χ0) is 18.2. The highest BCUT2D eigenvalue weighted by Crippen LogP contribution is 2.22. The SMILES string of the molecule is Cc1cc(OC/C=C(\C#Cc2ccccc2)c2ccccc2)ccc1[O]. The number of hydrogen-bond donors (Lipinski definition) is 0. The Morgan fingerprint density at radius 3 is 2.35 bits per heavy atom. The second-order valence-corrected chi connectivity index (χ2v) is 5.84. The molecule has 0 fully saturated rings. The molecule has 2 nitrogen and oxygen atoms in total. The van der Waals surface area contributed by atoms with Crippen molar-refractivity contribution in [2.45, 2.75) is 6.92 Å². The highest BCUT2D eigenvalue weighted by molar-refractivity contribution is 5.79. The van der Waals surface area contributed by atoms with Gasteiger partial charge in [-0.25, -0.2) is 0 Å². The van der Waals surface area contributed by atoms with Gasteiger partial charge in [-0.2, -0.15) is 0 Å². The van der Waals surface area contributed by atoms with Crippen LogP contribution in [0.4, 0.5) is 0 Å². The molecule has 0 N–H and O–H groups in total. The van der Waals surface area contributed by atoms with E-state index in [2.05, 4.69) is 11.8 Å². The highest BCUT2D eigenvalue weighted by atomic mass is 16.5. The van der Waals surface area contributed by atoms with Crippen molar-refractivity contribution in [1.29, 1.82) is 0 Å². The molecule has 26 heavy (non-hydrogen) atoms. The van der Waals surface area contributed by atoms with Gasteiger partial charge in [-0.05, 0) is 48.9 Å². The lowest BCUT2D eigenvalue weighted by Crippen LogP contribution is -1.95. The van der Waals surface area contributed by atoms with Crippen molar-refractivity contribution >= 4 is 5.57 Å². The van der Waals surface area contributed by atoms with Gasteiger partial charge in [0, 0.05) is 16.7 Å². The van der Waals surface area contributed by atoms with Gasteiger partial charge in [0.05, 0.1) is 0 Å². The van der Waals surface area contributed by atoms with Crippen LogP contribution in [0, 0.1) is 18.8 Å². The van der Waals surface area contributed by atoms with Crippen molar-refractivity contribution in [2.75, 3.05) is 6.61 Å². The van der Waals surface area contributed by atoms with Crippen LogP contribution in [-0.4, -0.2) is 6.61 Å². The van der Waals surface area contributed by atoms with Gasteiger partial charge in [-0.1, -0.05) is 60.4 Å². The van der Waals surface area contributed by atoms with Crippen LogP contribution < -0.4 is 4.74 Å². The van der Waals surface area contributed by atoms with Crippen molar-refractivity contribution in [3.63, 3.8) is 0 Å². The summed E-state index contributed by atoms with van der Waals surface area (Å²) in [5, 5.41) is 11.5. The van der Waals surface area contributed by atoms with E-state index in [0.717, 1.165) is 16.7 Å². The van der Waals surface area contributed by atoms with E-state index < -0.39 is 0 Å². The van der Waals surface area contributed by atoms with Gasteiger partial charge in [0.25, 0.3) is 0 Å². The molecule has 0 saturated carbocycles. The zero-order valence-corrected chi connectivity index (χ0v) is 14.6. The average molecular weight is 339 g/mol. The molecule has 0 atom stereocenters. The largest absolute Gasteiger partial charge is 0.489 e. The van der Waals surface area contributed by atoms with Gasteiger partial charge in [0.2, 0.25) is 0 Å². The van der Waals surface area contributed by atoms with Crippen LogP contribution in [0.3, 0.4) is 0 Å². The normalized spacial score (nSPS) is 10.7. The number of allylic oxidation sites excluding steroid dienone is 1. The summed E-state index contributed by atoms with van der Waals surface area (Å²) in [6.45, 7) is 2.16. The molecule has 3 aromatic rings. The Bertz CT molecular complexity index is 946. The maximum Gasteiger partial charge on any atom is 0.181 e. The topological polar surface area (TPSA) is 29.1 Å². The molecule has 0 aliphatic rings. The van der Waals surface area contributed by atoms with Crippen molar-refractivity contribution in [1.82, 2.24) is 0 Å². The fraction of sp³-hybridized carbons (Fsp3) is 0.0833. The van der Waals surface area contributed by atoms with Crippen LogP contribution in [0.5, 0.6) is 11.5 Å². The second kappa shape index (κ2) is 8.60. The first-order valence-electron chi connectivity index (χ1n) is 8.45. The van der Waals surface area contributed by atoms with E-state index in [1.54, 1.807) is 19.1 Å². The van der Waals surface area contributed by atoms with E-state index in [4.69, 9.17) is 4.74 Å². The van der Waals surface area contributed by atoms with Crippen molar-refractivity contribution < 1.29 is 9.84 Å². The Kier molecular flexibility index (Phi) is 5.75. The molecule has 0 aliphatic carbocycles. The lowest BCUT2D eigenvalue weighted by molar-refractivity contribution is 0.344. The molecule has 0 aromatic heterocycles. The summed E-state index contributed by atoms with van der Waals surface area (Å²) in [4.78, 5) is 0. The van der Waals surface area contributed by atoms with Crippen LogP contribution in [0.1, 0.15) is 16.7 Å². The molecular weight excluding hydrogens is 320 g/mol. The van der Waals surface area contributed by atoms with E-state index in [1.807, 2.05) is 66.7 Å². The lowest BCUT2D eigenvalue weighted by Gasteiger charge is -2.06. The summed E-state index contributed by atoms with van der Waals surface area (Å²) in [5.41, 5.74) is 3.60. The van der Waals surface area contributed by atoms with Crippen LogP contribution in [0.2, 0.25) is 0 Å². The lowest BCUT2D eigenvalue weighted by atomic mass is 10.1. The van der Waals surface area contributed by atoms with Gasteiger partial charge < -0.3 is 4.74 Å². The summed E-state index contributed by atoms with van der Waals surface area (Å²) >= 11 is 0. The molecule has 0 unspecified atom stereocenters. The standard InChI is InChI=1S/C24H19O2/c1-19-18-23(14-15-24(19)25)26-17-16-22(21-10-6-3-7-11-21)13-12-20-8-4-2-5-9-20/h2-11,14-16,18H,17H2,1H3/b22-16+. The number of aryl methyl sites for hydroxylation is 1. The van der Waals surface area contributed by atoms with Gasteiger partial charge >= 0.3 is 0 Å². The Hall–Kier alpha value is -3.44. The Balaban J connectivity index is 1.80. The van der Waals surface area contributed by atoms with Gasteiger partial charge in [-0.15, -0.1) is 0 Å². The number of hydrogen-bond acceptors (Lipinski definition) is 1. The molecule has 0 aliphatic heterocycles. The fourth-order valence-electron chi connectivity index (χ4n) is 2.45. The predicted molar refractivity (Wildman–Crippen MR) is 105 cm³/mol. The first kappa shape index (κ1) is 17.4. The highest BCUT2D eigenvalue weighted by Gasteiger charge is 2.01. The molecule has 0 saturated heterocycles. The second-order valence-electron chi connectivity index (χ2n) is 5.84. The number of ether oxygens (including phenoxy) is 1. The minimum absolute atomic E-state index is 0.0200. The van der Waals surface area contributed by atoms with Crippen LogP contribution >= 0.6 is 0 Å². The molecule has 2 heteroatoms. The molecular formula is C24H19O2. The monoisotopic (exact) mass is 339 g/mol. The van der Waals surface area contributed by atoms with E-state index in [1.165, 1.54) is 6.07 Å². The summed E-state index contributed by atoms with van der Waals surface area (Å²) in [7, 11) is 0. The maximum atomic E-state index is 11.5. The third-order valence-electron chi connectivity index (χ3n) is 3.88. The van der Waals surface area contributed by atoms with E-state index >= 15 is 0 Å². The number of rotatable bonds is 4. The smallest absolute Gasteiger partial charge is 0.181 e. The van der Waals surface area contributed by atoms with E-state index in [0.29, 0.717) is 17.9 Å². The number of benzene rings is 3. The Morgan fingerprint density at radius 2 is 1.65 bits per heavy atom. The summed E-state index contributed by atoms with van der Waals surface area (Å²) in [6.07, 6.45) is 1.96. The molecule has 0 heterocycles. The zero-order valence-electron chi connectivity index (χ0n) is 14.6. The summed E-state index contributed by atoms with van der Waals surface area (Å²) in [6, 6.07) is 24.9. The maximum absolute atomic E-state index is 11.5. The Morgan fingerprint density at radius 1 is 0.962 bits per heavy atom. The van der Waals surface area contributed by atoms with Crippen molar-refractivity contribution in [2.24, 2.45) is 0 Å². The third kappa shape index (κ3) is 4.78. The first-order chi connectivity index (χ1) is 12.7. The van der Waals surface area contributed by atoms with Gasteiger partial charge in [-0.3, -0.25) is 5.11 Å². The quantitative estimate of drug-likeness (QED) is 0.564. The Labute approximate surface area is 154 Å². The molecule has 0 bridgehead atoms. The van der Waals surface area contributed by atoms with Crippen molar-refractivity contribution in [3.05, 3.63) is 102 Å². The van der Waals surface area contributed by atoms with Gasteiger partial charge in [0.15, 0.2) is 5.75 Å². The minimum Gasteiger partial charge on any atom is -0.489 e. The van der Waals surface area contributed by atoms with Gasteiger partial charge in [0.1, 0.15) is 12.4 Å². The molecule has 3 rings (SSSR count). The minimum atomic E-state index is 0.0200. The molecule has 3 aromatic carbocycles. The third-order valence-corrected chi connectivity index (χ3v) is 3.88. The molecule has 1 radical (unpaired) electrons. The predicted octanol–water partition coefficient (Wildman–Crippen LogP) is 5.65. The fourth-order valence-corrected chi connectivity index (χ4v) is 2.45. The van der Waals surface area contributed by atoms with Crippen LogP contribution in [-0.2, 0) is 5.11 Å². The molecule has 127 valence electrons. The van der Waals surface area contributed by atoms with Crippen LogP contribution in [0.15, 0.2) is 84.9 Å². The molecule has 0 spiro atoms. The van der Waals surface area contributed by atoms with Crippen molar-refractivity contribution in [3.8, 4) is 23.3 Å². The van der Waals surface area contributed by atoms with Crippen LogP contribution in [0.25, 0.3) is 5.57 Å². The summed E-state index contributed by atoms with van der Waals surface area (Å²) < 4.78 is 5.76. The average Bonchev–Trinajstić information content (AvgIpc) is 2.69. The molecule has 0 amide bonds. The van der Waals surface area contributed by atoms with E-state index in [-0.39, 0.29) is 5.75 Å². The van der Waals surface area contributed by atoms with E-state index in [9.17, 15) is 5.11 Å². The first-order valence-corrected chi connectivity index (χ1v) is 8.45. The summed E-state index contributed by atoms with van der Waals surface area (Å²) in [5.74, 6) is 7.14.